The number of rotatable bonds is 4. The van der Waals surface area contributed by atoms with Crippen LogP contribution in [0.2, 0.25) is 5.02 Å². The minimum absolute atomic E-state index is 0.0404. The summed E-state index contributed by atoms with van der Waals surface area (Å²) in [4.78, 5) is 14.7. The van der Waals surface area contributed by atoms with Gasteiger partial charge in [-0.1, -0.05) is 41.9 Å². The standard InChI is InChI=1S/C17H17ClN2O/c18-13-6-9-16(19)15(10-13)17(21)20(14-7-8-14)11-12-4-2-1-3-5-12/h1-6,9-10,14H,7-8,11,19H2. The van der Waals surface area contributed by atoms with E-state index in [1.54, 1.807) is 18.2 Å². The fourth-order valence-electron chi connectivity index (χ4n) is 2.40. The molecular weight excluding hydrogens is 284 g/mol. The Labute approximate surface area is 129 Å². The Balaban J connectivity index is 1.87. The number of anilines is 1. The Morgan fingerprint density at radius 3 is 2.57 bits per heavy atom. The van der Waals surface area contributed by atoms with Crippen LogP contribution in [0.15, 0.2) is 48.5 Å². The molecule has 0 heterocycles. The van der Waals surface area contributed by atoms with E-state index in [0.29, 0.717) is 28.9 Å². The number of hydrogen-bond acceptors (Lipinski definition) is 2. The first-order valence-corrected chi connectivity index (χ1v) is 7.43. The average molecular weight is 301 g/mol. The SMILES string of the molecule is Nc1ccc(Cl)cc1C(=O)N(Cc1ccccc1)C1CC1. The number of nitrogens with two attached hydrogens (primary N) is 1. The van der Waals surface area contributed by atoms with Gasteiger partial charge in [-0.15, -0.1) is 0 Å². The number of halogens is 1. The van der Waals surface area contributed by atoms with Crippen LogP contribution >= 0.6 is 11.6 Å². The summed E-state index contributed by atoms with van der Waals surface area (Å²) in [5.74, 6) is -0.0404. The number of carbonyl (C=O) groups excluding carboxylic acids is 1. The molecule has 0 unspecified atom stereocenters. The van der Waals surface area contributed by atoms with E-state index in [1.165, 1.54) is 0 Å². The molecule has 0 bridgehead atoms. The second kappa shape index (κ2) is 5.78. The topological polar surface area (TPSA) is 46.3 Å². The minimum Gasteiger partial charge on any atom is -0.398 e. The number of benzene rings is 2. The lowest BCUT2D eigenvalue weighted by molar-refractivity contribution is 0.0731. The van der Waals surface area contributed by atoms with Gasteiger partial charge in [0, 0.05) is 23.3 Å². The Morgan fingerprint density at radius 1 is 1.19 bits per heavy atom. The van der Waals surface area contributed by atoms with Gasteiger partial charge < -0.3 is 10.6 Å². The summed E-state index contributed by atoms with van der Waals surface area (Å²) in [5, 5.41) is 0.531. The van der Waals surface area contributed by atoms with Gasteiger partial charge in [-0.2, -0.15) is 0 Å². The summed E-state index contributed by atoms with van der Waals surface area (Å²) in [6.45, 7) is 0.607. The molecule has 0 aromatic heterocycles. The van der Waals surface area contributed by atoms with Gasteiger partial charge in [-0.05, 0) is 36.6 Å². The summed E-state index contributed by atoms with van der Waals surface area (Å²) < 4.78 is 0. The van der Waals surface area contributed by atoms with E-state index < -0.39 is 0 Å². The lowest BCUT2D eigenvalue weighted by Crippen LogP contribution is -2.33. The predicted octanol–water partition coefficient (Wildman–Crippen LogP) is 3.73. The molecule has 4 heteroatoms. The van der Waals surface area contributed by atoms with E-state index in [-0.39, 0.29) is 5.91 Å². The molecule has 2 aromatic carbocycles. The van der Waals surface area contributed by atoms with Crippen LogP contribution in [0, 0.1) is 0 Å². The van der Waals surface area contributed by atoms with Crippen LogP contribution in [-0.2, 0) is 6.54 Å². The van der Waals surface area contributed by atoms with Crippen LogP contribution in [0.4, 0.5) is 5.69 Å². The molecule has 1 aliphatic carbocycles. The van der Waals surface area contributed by atoms with Crippen molar-refractivity contribution in [3.63, 3.8) is 0 Å². The van der Waals surface area contributed by atoms with Crippen LogP contribution in [0.1, 0.15) is 28.8 Å². The molecular formula is C17H17ClN2O. The molecule has 1 amide bonds. The van der Waals surface area contributed by atoms with Gasteiger partial charge in [0.05, 0.1) is 5.56 Å². The monoisotopic (exact) mass is 300 g/mol. The van der Waals surface area contributed by atoms with Gasteiger partial charge in [0.25, 0.3) is 5.91 Å². The van der Waals surface area contributed by atoms with Crippen LogP contribution in [-0.4, -0.2) is 16.8 Å². The van der Waals surface area contributed by atoms with Gasteiger partial charge in [-0.25, -0.2) is 0 Å². The Kier molecular flexibility index (Phi) is 3.84. The molecule has 1 saturated carbocycles. The van der Waals surface area contributed by atoms with E-state index in [4.69, 9.17) is 17.3 Å². The largest absolute Gasteiger partial charge is 0.398 e. The van der Waals surface area contributed by atoms with Crippen molar-refractivity contribution < 1.29 is 4.79 Å². The van der Waals surface area contributed by atoms with Crippen LogP contribution in [0.3, 0.4) is 0 Å². The molecule has 1 aliphatic rings. The van der Waals surface area contributed by atoms with Crippen LogP contribution in [0.5, 0.6) is 0 Å². The minimum atomic E-state index is -0.0404. The number of nitrogen functional groups attached to an aromatic ring is 1. The molecule has 108 valence electrons. The van der Waals surface area contributed by atoms with Crippen LogP contribution < -0.4 is 5.73 Å². The number of nitrogens with zero attached hydrogens (tertiary/aromatic N) is 1. The fourth-order valence-corrected chi connectivity index (χ4v) is 2.57. The van der Waals surface area contributed by atoms with Gasteiger partial charge in [-0.3, -0.25) is 4.79 Å². The summed E-state index contributed by atoms with van der Waals surface area (Å²) in [6, 6.07) is 15.4. The van der Waals surface area contributed by atoms with Gasteiger partial charge >= 0.3 is 0 Å². The summed E-state index contributed by atoms with van der Waals surface area (Å²) >= 11 is 5.99. The number of carbonyl (C=O) groups is 1. The maximum absolute atomic E-state index is 12.8. The smallest absolute Gasteiger partial charge is 0.256 e. The molecule has 0 spiro atoms. The second-order valence-corrected chi connectivity index (χ2v) is 5.82. The van der Waals surface area contributed by atoms with Crippen molar-refractivity contribution in [2.45, 2.75) is 25.4 Å². The zero-order chi connectivity index (χ0) is 14.8. The summed E-state index contributed by atoms with van der Waals surface area (Å²) in [7, 11) is 0. The molecule has 0 saturated heterocycles. The lowest BCUT2D eigenvalue weighted by atomic mass is 10.1. The van der Waals surface area contributed by atoms with Crippen molar-refractivity contribution in [1.82, 2.24) is 4.90 Å². The third-order valence-electron chi connectivity index (χ3n) is 3.69. The third kappa shape index (κ3) is 3.19. The molecule has 3 nitrogen and oxygen atoms in total. The maximum Gasteiger partial charge on any atom is 0.256 e. The highest BCUT2D eigenvalue weighted by molar-refractivity contribution is 6.31. The zero-order valence-electron chi connectivity index (χ0n) is 11.6. The average Bonchev–Trinajstić information content (AvgIpc) is 3.32. The normalized spacial score (nSPS) is 14.0. The molecule has 0 aliphatic heterocycles. The molecule has 2 aromatic rings. The lowest BCUT2D eigenvalue weighted by Gasteiger charge is -2.23. The molecule has 0 atom stereocenters. The Hall–Kier alpha value is -2.00. The number of amides is 1. The Bertz CT molecular complexity index is 653. The maximum atomic E-state index is 12.8. The quantitative estimate of drug-likeness (QED) is 0.875. The second-order valence-electron chi connectivity index (χ2n) is 5.38. The van der Waals surface area contributed by atoms with E-state index in [9.17, 15) is 4.79 Å². The van der Waals surface area contributed by atoms with E-state index >= 15 is 0 Å². The van der Waals surface area contributed by atoms with E-state index in [0.717, 1.165) is 18.4 Å². The van der Waals surface area contributed by atoms with E-state index in [2.05, 4.69) is 0 Å². The number of hydrogen-bond donors (Lipinski definition) is 1. The van der Waals surface area contributed by atoms with Gasteiger partial charge in [0.1, 0.15) is 0 Å². The Morgan fingerprint density at radius 2 is 1.90 bits per heavy atom. The molecule has 2 N–H and O–H groups in total. The van der Waals surface area contributed by atoms with Crippen LogP contribution in [0.25, 0.3) is 0 Å². The van der Waals surface area contributed by atoms with Crippen molar-refractivity contribution in [3.8, 4) is 0 Å². The van der Waals surface area contributed by atoms with Gasteiger partial charge in [0.15, 0.2) is 0 Å². The van der Waals surface area contributed by atoms with Gasteiger partial charge in [0.2, 0.25) is 0 Å². The highest BCUT2D eigenvalue weighted by Gasteiger charge is 2.33. The van der Waals surface area contributed by atoms with Crippen molar-refractivity contribution in [2.75, 3.05) is 5.73 Å². The predicted molar refractivity (Wildman–Crippen MR) is 85.2 cm³/mol. The van der Waals surface area contributed by atoms with Crippen molar-refractivity contribution in [3.05, 3.63) is 64.7 Å². The third-order valence-corrected chi connectivity index (χ3v) is 3.93. The zero-order valence-corrected chi connectivity index (χ0v) is 12.4. The first kappa shape index (κ1) is 14.0. The van der Waals surface area contributed by atoms with Crippen molar-refractivity contribution in [2.24, 2.45) is 0 Å². The summed E-state index contributed by atoms with van der Waals surface area (Å²) in [6.07, 6.45) is 2.11. The highest BCUT2D eigenvalue weighted by atomic mass is 35.5. The first-order chi connectivity index (χ1) is 10.1. The molecule has 1 fully saturated rings. The van der Waals surface area contributed by atoms with Crippen molar-refractivity contribution >= 4 is 23.2 Å². The highest BCUT2D eigenvalue weighted by Crippen LogP contribution is 2.31. The summed E-state index contributed by atoms with van der Waals surface area (Å²) in [5.41, 5.74) is 8.03. The first-order valence-electron chi connectivity index (χ1n) is 7.05. The van der Waals surface area contributed by atoms with Crippen molar-refractivity contribution in [1.29, 1.82) is 0 Å². The fraction of sp³-hybridized carbons (Fsp3) is 0.235. The van der Waals surface area contributed by atoms with E-state index in [1.807, 2.05) is 35.2 Å². The molecule has 3 rings (SSSR count). The molecule has 0 radical (unpaired) electrons. The molecule has 21 heavy (non-hydrogen) atoms.